The lowest BCUT2D eigenvalue weighted by atomic mass is 9.86. The van der Waals surface area contributed by atoms with Crippen LogP contribution in [0.5, 0.6) is 0 Å². The monoisotopic (exact) mass is 423 g/mol. The highest BCUT2D eigenvalue weighted by Gasteiger charge is 2.32. The number of rotatable bonds is 10. The normalized spacial score (nSPS) is 20.4. The van der Waals surface area contributed by atoms with Crippen molar-refractivity contribution in [1.82, 2.24) is 10.0 Å². The second-order valence-electron chi connectivity index (χ2n) is 8.95. The molecule has 2 rings (SSSR count). The smallest absolute Gasteiger partial charge is 0.216 e. The Morgan fingerprint density at radius 2 is 1.86 bits per heavy atom. The Morgan fingerprint density at radius 1 is 1.17 bits per heavy atom. The van der Waals surface area contributed by atoms with Gasteiger partial charge in [-0.25, -0.2) is 13.1 Å². The van der Waals surface area contributed by atoms with Crippen LogP contribution in [-0.2, 0) is 10.0 Å². The number of hydrogen-bond donors (Lipinski definition) is 2. The molecule has 0 radical (unpaired) electrons. The third-order valence-corrected chi connectivity index (χ3v) is 7.98. The van der Waals surface area contributed by atoms with E-state index in [1.165, 1.54) is 0 Å². The molecular formula is C22H37N3O3S. The molecule has 1 aromatic carbocycles. The van der Waals surface area contributed by atoms with E-state index in [2.05, 4.69) is 21.9 Å². The average Bonchev–Trinajstić information content (AvgIpc) is 2.68. The van der Waals surface area contributed by atoms with Crippen molar-refractivity contribution >= 4 is 22.0 Å². The predicted molar refractivity (Wildman–Crippen MR) is 120 cm³/mol. The van der Waals surface area contributed by atoms with Crippen molar-refractivity contribution in [3.8, 4) is 0 Å². The van der Waals surface area contributed by atoms with Gasteiger partial charge in [0.25, 0.3) is 0 Å². The summed E-state index contributed by atoms with van der Waals surface area (Å²) >= 11 is 0. The summed E-state index contributed by atoms with van der Waals surface area (Å²) in [7, 11) is -3.27. The van der Waals surface area contributed by atoms with Gasteiger partial charge in [0.05, 0.1) is 4.75 Å². The Labute approximate surface area is 176 Å². The highest BCUT2D eigenvalue weighted by molar-refractivity contribution is 7.90. The van der Waals surface area contributed by atoms with Crippen LogP contribution >= 0.6 is 0 Å². The van der Waals surface area contributed by atoms with Gasteiger partial charge >= 0.3 is 0 Å². The van der Waals surface area contributed by atoms with Gasteiger partial charge in [0.2, 0.25) is 10.0 Å². The molecule has 0 atom stereocenters. The van der Waals surface area contributed by atoms with E-state index in [4.69, 9.17) is 0 Å². The Kier molecular flexibility index (Phi) is 8.67. The molecule has 6 nitrogen and oxygen atoms in total. The minimum atomic E-state index is -3.27. The van der Waals surface area contributed by atoms with Crippen LogP contribution in [0.1, 0.15) is 63.7 Å². The van der Waals surface area contributed by atoms with E-state index < -0.39 is 14.8 Å². The first kappa shape index (κ1) is 23.8. The number of hydrogen-bond acceptors (Lipinski definition) is 5. The van der Waals surface area contributed by atoms with Crippen molar-refractivity contribution in [3.63, 3.8) is 0 Å². The molecule has 0 spiro atoms. The van der Waals surface area contributed by atoms with E-state index in [9.17, 15) is 13.2 Å². The molecule has 0 aromatic heterocycles. The number of aldehydes is 1. The number of benzene rings is 1. The fraction of sp³-hybridized carbons (Fsp3) is 0.682. The summed E-state index contributed by atoms with van der Waals surface area (Å²) in [5.41, 5.74) is 1.78. The third kappa shape index (κ3) is 7.08. The topological polar surface area (TPSA) is 78.5 Å². The number of carbonyl (C=O) groups is 1. The van der Waals surface area contributed by atoms with E-state index in [0.29, 0.717) is 11.5 Å². The van der Waals surface area contributed by atoms with Gasteiger partial charge in [0, 0.05) is 36.9 Å². The van der Waals surface area contributed by atoms with E-state index in [0.717, 1.165) is 63.8 Å². The molecule has 0 bridgehead atoms. The van der Waals surface area contributed by atoms with Gasteiger partial charge in [0.15, 0.2) is 0 Å². The Bertz CT molecular complexity index is 751. The minimum Gasteiger partial charge on any atom is -0.371 e. The number of nitrogens with one attached hydrogen (secondary N) is 2. The standard InChI is InChI=1S/C22H37N3O3S/c1-5-25(21-8-6-7-19(15-21)17-26)14-13-23-16-18-9-11-20(12-10-18)24-29(27,28)22(2,3)4/h6-8,15,17-18,20,23-24H,5,9-14,16H2,1-4H3. The van der Waals surface area contributed by atoms with Gasteiger partial charge in [-0.05, 0) is 78.0 Å². The summed E-state index contributed by atoms with van der Waals surface area (Å²) in [5.74, 6) is 0.596. The van der Waals surface area contributed by atoms with Crippen LogP contribution in [0, 0.1) is 5.92 Å². The van der Waals surface area contributed by atoms with E-state index >= 15 is 0 Å². The summed E-state index contributed by atoms with van der Waals surface area (Å²) in [6.45, 7) is 11.0. The minimum absolute atomic E-state index is 0.0659. The first-order valence-electron chi connectivity index (χ1n) is 10.7. The van der Waals surface area contributed by atoms with Crippen molar-refractivity contribution in [2.45, 2.75) is 64.2 Å². The van der Waals surface area contributed by atoms with Gasteiger partial charge in [-0.3, -0.25) is 4.79 Å². The van der Waals surface area contributed by atoms with Crippen LogP contribution in [0.3, 0.4) is 0 Å². The van der Waals surface area contributed by atoms with Gasteiger partial charge in [-0.15, -0.1) is 0 Å². The summed E-state index contributed by atoms with van der Waals surface area (Å²) in [5, 5.41) is 3.56. The molecule has 1 aromatic rings. The van der Waals surface area contributed by atoms with Crippen molar-refractivity contribution in [3.05, 3.63) is 29.8 Å². The van der Waals surface area contributed by atoms with Crippen LogP contribution in [0.4, 0.5) is 5.69 Å². The summed E-state index contributed by atoms with van der Waals surface area (Å²) in [6.07, 6.45) is 4.78. The molecule has 29 heavy (non-hydrogen) atoms. The molecular weight excluding hydrogens is 386 g/mol. The highest BCUT2D eigenvalue weighted by atomic mass is 32.2. The first-order valence-corrected chi connectivity index (χ1v) is 12.2. The van der Waals surface area contributed by atoms with E-state index in [-0.39, 0.29) is 6.04 Å². The number of sulfonamides is 1. The zero-order valence-corrected chi connectivity index (χ0v) is 19.1. The SMILES string of the molecule is CCN(CCNCC1CCC(NS(=O)(=O)C(C)(C)C)CC1)c1cccc(C=O)c1. The lowest BCUT2D eigenvalue weighted by molar-refractivity contribution is 0.112. The van der Waals surface area contributed by atoms with Crippen molar-refractivity contribution in [1.29, 1.82) is 0 Å². The van der Waals surface area contributed by atoms with Gasteiger partial charge < -0.3 is 10.2 Å². The maximum absolute atomic E-state index is 12.3. The molecule has 1 saturated carbocycles. The third-order valence-electron chi connectivity index (χ3n) is 5.72. The second kappa shape index (κ2) is 10.5. The molecule has 0 heterocycles. The van der Waals surface area contributed by atoms with Crippen LogP contribution < -0.4 is 14.9 Å². The summed E-state index contributed by atoms with van der Waals surface area (Å²) in [4.78, 5) is 13.2. The predicted octanol–water partition coefficient (Wildman–Crippen LogP) is 3.19. The Balaban J connectivity index is 1.70. The molecule has 2 N–H and O–H groups in total. The van der Waals surface area contributed by atoms with Gasteiger partial charge in [-0.1, -0.05) is 12.1 Å². The molecule has 0 amide bonds. The number of likely N-dealkylation sites (N-methyl/N-ethyl adjacent to an activating group) is 1. The summed E-state index contributed by atoms with van der Waals surface area (Å²) < 4.78 is 26.8. The first-order chi connectivity index (χ1) is 13.7. The van der Waals surface area contributed by atoms with E-state index in [1.54, 1.807) is 20.8 Å². The van der Waals surface area contributed by atoms with Crippen molar-refractivity contribution in [2.75, 3.05) is 31.1 Å². The Hall–Kier alpha value is -1.44. The number of anilines is 1. The maximum atomic E-state index is 12.3. The zero-order chi connectivity index (χ0) is 21.5. The van der Waals surface area contributed by atoms with Crippen molar-refractivity contribution in [2.24, 2.45) is 5.92 Å². The number of carbonyl (C=O) groups excluding carboxylic acids is 1. The van der Waals surface area contributed by atoms with Crippen LogP contribution in [0.2, 0.25) is 0 Å². The van der Waals surface area contributed by atoms with E-state index in [1.807, 2.05) is 24.3 Å². The molecule has 0 saturated heterocycles. The molecule has 1 fully saturated rings. The lowest BCUT2D eigenvalue weighted by Crippen LogP contribution is -2.46. The summed E-state index contributed by atoms with van der Waals surface area (Å²) in [6, 6.07) is 7.77. The molecule has 0 aliphatic heterocycles. The zero-order valence-electron chi connectivity index (χ0n) is 18.3. The molecule has 164 valence electrons. The van der Waals surface area contributed by atoms with Crippen LogP contribution in [0.25, 0.3) is 0 Å². The van der Waals surface area contributed by atoms with Gasteiger partial charge in [-0.2, -0.15) is 0 Å². The maximum Gasteiger partial charge on any atom is 0.216 e. The fourth-order valence-corrected chi connectivity index (χ4v) is 4.69. The van der Waals surface area contributed by atoms with Crippen LogP contribution in [-0.4, -0.2) is 51.7 Å². The van der Waals surface area contributed by atoms with Crippen LogP contribution in [0.15, 0.2) is 24.3 Å². The quantitative estimate of drug-likeness (QED) is 0.446. The molecule has 1 aliphatic carbocycles. The fourth-order valence-electron chi connectivity index (χ4n) is 3.67. The largest absolute Gasteiger partial charge is 0.371 e. The second-order valence-corrected chi connectivity index (χ2v) is 11.4. The number of nitrogens with zero attached hydrogens (tertiary/aromatic N) is 1. The Morgan fingerprint density at radius 3 is 2.45 bits per heavy atom. The lowest BCUT2D eigenvalue weighted by Gasteiger charge is -2.31. The van der Waals surface area contributed by atoms with Crippen molar-refractivity contribution < 1.29 is 13.2 Å². The average molecular weight is 424 g/mol. The van der Waals surface area contributed by atoms with Gasteiger partial charge in [0.1, 0.15) is 6.29 Å². The molecule has 7 heteroatoms. The highest BCUT2D eigenvalue weighted by Crippen LogP contribution is 2.26. The molecule has 0 unspecified atom stereocenters. The molecule has 1 aliphatic rings.